The molecule has 2 aromatic carbocycles. The molecule has 31 heavy (non-hydrogen) atoms. The average molecular weight is 425 g/mol. The number of aromatic nitrogens is 2. The van der Waals surface area contributed by atoms with E-state index >= 15 is 0 Å². The van der Waals surface area contributed by atoms with E-state index in [-0.39, 0.29) is 6.54 Å². The van der Waals surface area contributed by atoms with E-state index in [9.17, 15) is 9.59 Å². The highest BCUT2D eigenvalue weighted by atomic mass is 16.5. The molecule has 3 rings (SSSR count). The molecule has 0 saturated heterocycles. The zero-order chi connectivity index (χ0) is 22.4. The van der Waals surface area contributed by atoms with Gasteiger partial charge in [0.25, 0.3) is 5.56 Å². The second-order valence-corrected chi connectivity index (χ2v) is 6.40. The molecule has 0 unspecified atom stereocenters. The van der Waals surface area contributed by atoms with Gasteiger partial charge in [0.05, 0.1) is 34.1 Å². The number of amides is 1. The summed E-state index contributed by atoms with van der Waals surface area (Å²) < 4.78 is 22.1. The van der Waals surface area contributed by atoms with Crippen LogP contribution in [-0.2, 0) is 11.3 Å². The second-order valence-electron chi connectivity index (χ2n) is 6.40. The predicted molar refractivity (Wildman–Crippen MR) is 115 cm³/mol. The number of nitrogens with zero attached hydrogens (tertiary/aromatic N) is 2. The van der Waals surface area contributed by atoms with Crippen LogP contribution in [0.2, 0.25) is 0 Å². The van der Waals surface area contributed by atoms with Crippen molar-refractivity contribution < 1.29 is 23.7 Å². The molecule has 1 amide bonds. The Morgan fingerprint density at radius 2 is 1.61 bits per heavy atom. The number of nitrogens with one attached hydrogen (secondary N) is 1. The Bertz CT molecular complexity index is 1140. The zero-order valence-corrected chi connectivity index (χ0v) is 17.7. The van der Waals surface area contributed by atoms with Gasteiger partial charge in [-0.15, -0.1) is 0 Å². The van der Waals surface area contributed by atoms with Gasteiger partial charge in [0.1, 0.15) is 18.0 Å². The van der Waals surface area contributed by atoms with E-state index in [2.05, 4.69) is 10.4 Å². The molecule has 0 aliphatic heterocycles. The Kier molecular flexibility index (Phi) is 6.76. The summed E-state index contributed by atoms with van der Waals surface area (Å²) in [7, 11) is 6.12. The lowest BCUT2D eigenvalue weighted by Crippen LogP contribution is -2.29. The van der Waals surface area contributed by atoms with Gasteiger partial charge in [-0.1, -0.05) is 0 Å². The van der Waals surface area contributed by atoms with Crippen LogP contribution >= 0.6 is 0 Å². The smallest absolute Gasteiger partial charge is 0.267 e. The molecule has 3 aromatic rings. The number of carbonyl (C=O) groups excluding carboxylic acids is 1. The van der Waals surface area contributed by atoms with E-state index in [0.29, 0.717) is 39.9 Å². The maximum atomic E-state index is 12.5. The van der Waals surface area contributed by atoms with Crippen LogP contribution in [-0.4, -0.2) is 44.1 Å². The lowest BCUT2D eigenvalue weighted by Gasteiger charge is -2.12. The number of hydrogen-bond donors (Lipinski definition) is 1. The first kappa shape index (κ1) is 21.7. The third-order valence-electron chi connectivity index (χ3n) is 4.51. The lowest BCUT2D eigenvalue weighted by molar-refractivity contribution is -0.117. The SMILES string of the molecule is COc1ccc(-c2ccc(=O)n(CC(=O)Nc3ccc(OC)c(OC)c3)n2)c(OC)c1. The van der Waals surface area contributed by atoms with Crippen molar-refractivity contribution in [3.05, 3.63) is 58.9 Å². The van der Waals surface area contributed by atoms with E-state index in [0.717, 1.165) is 4.68 Å². The molecule has 0 aliphatic carbocycles. The summed E-state index contributed by atoms with van der Waals surface area (Å²) in [4.78, 5) is 24.8. The number of anilines is 1. The van der Waals surface area contributed by atoms with Gasteiger partial charge in [0.15, 0.2) is 11.5 Å². The first-order valence-electron chi connectivity index (χ1n) is 9.31. The largest absolute Gasteiger partial charge is 0.497 e. The Hall–Kier alpha value is -4.01. The van der Waals surface area contributed by atoms with Crippen LogP contribution in [0.25, 0.3) is 11.3 Å². The summed E-state index contributed by atoms with van der Waals surface area (Å²) in [5.74, 6) is 1.76. The predicted octanol–water partition coefficient (Wildman–Crippen LogP) is 2.58. The van der Waals surface area contributed by atoms with Crippen LogP contribution < -0.4 is 29.8 Å². The van der Waals surface area contributed by atoms with Crippen molar-refractivity contribution in [2.24, 2.45) is 0 Å². The van der Waals surface area contributed by atoms with Gasteiger partial charge in [0, 0.05) is 29.4 Å². The van der Waals surface area contributed by atoms with Crippen molar-refractivity contribution in [1.29, 1.82) is 0 Å². The Morgan fingerprint density at radius 3 is 2.29 bits per heavy atom. The maximum absolute atomic E-state index is 12.5. The van der Waals surface area contributed by atoms with E-state index in [4.69, 9.17) is 18.9 Å². The van der Waals surface area contributed by atoms with Gasteiger partial charge in [0.2, 0.25) is 5.91 Å². The van der Waals surface area contributed by atoms with Crippen molar-refractivity contribution >= 4 is 11.6 Å². The summed E-state index contributed by atoms with van der Waals surface area (Å²) in [6, 6.07) is 13.2. The molecular formula is C22H23N3O6. The lowest BCUT2D eigenvalue weighted by atomic mass is 10.1. The molecule has 0 spiro atoms. The maximum Gasteiger partial charge on any atom is 0.267 e. The normalized spacial score (nSPS) is 10.3. The molecule has 0 saturated carbocycles. The molecule has 0 radical (unpaired) electrons. The van der Waals surface area contributed by atoms with Gasteiger partial charge < -0.3 is 24.3 Å². The van der Waals surface area contributed by atoms with Crippen molar-refractivity contribution in [3.63, 3.8) is 0 Å². The summed E-state index contributed by atoms with van der Waals surface area (Å²) in [5, 5.41) is 7.05. The van der Waals surface area contributed by atoms with E-state index in [1.54, 1.807) is 49.6 Å². The Morgan fingerprint density at radius 1 is 0.871 bits per heavy atom. The van der Waals surface area contributed by atoms with Crippen molar-refractivity contribution in [2.75, 3.05) is 33.8 Å². The zero-order valence-electron chi connectivity index (χ0n) is 17.7. The average Bonchev–Trinajstić information content (AvgIpc) is 2.79. The van der Waals surface area contributed by atoms with Crippen molar-refractivity contribution in [3.8, 4) is 34.3 Å². The standard InChI is InChI=1S/C22H23N3O6/c1-28-15-6-7-16(19(12-15)30-3)17-8-10-22(27)25(24-17)13-21(26)23-14-5-9-18(29-2)20(11-14)31-4/h5-12H,13H2,1-4H3,(H,23,26). The van der Waals surface area contributed by atoms with E-state index in [1.165, 1.54) is 27.4 Å². The highest BCUT2D eigenvalue weighted by molar-refractivity contribution is 5.90. The Labute approximate surface area is 179 Å². The first-order chi connectivity index (χ1) is 15.0. The molecule has 0 aliphatic rings. The quantitative estimate of drug-likeness (QED) is 0.592. The van der Waals surface area contributed by atoms with Crippen LogP contribution in [0, 0.1) is 0 Å². The molecule has 9 nitrogen and oxygen atoms in total. The molecule has 0 bridgehead atoms. The number of ether oxygens (including phenoxy) is 4. The van der Waals surface area contributed by atoms with Crippen LogP contribution in [0.15, 0.2) is 53.3 Å². The fourth-order valence-electron chi connectivity index (χ4n) is 2.97. The third-order valence-corrected chi connectivity index (χ3v) is 4.51. The van der Waals surface area contributed by atoms with Crippen molar-refractivity contribution in [1.82, 2.24) is 9.78 Å². The van der Waals surface area contributed by atoms with Crippen LogP contribution in [0.1, 0.15) is 0 Å². The Balaban J connectivity index is 1.83. The molecule has 9 heteroatoms. The number of methoxy groups -OCH3 is 4. The van der Waals surface area contributed by atoms with Gasteiger partial charge in [-0.2, -0.15) is 5.10 Å². The van der Waals surface area contributed by atoms with E-state index < -0.39 is 11.5 Å². The molecule has 1 heterocycles. The number of rotatable bonds is 8. The molecular weight excluding hydrogens is 402 g/mol. The van der Waals surface area contributed by atoms with Crippen LogP contribution in [0.4, 0.5) is 5.69 Å². The summed E-state index contributed by atoms with van der Waals surface area (Å²) in [6.45, 7) is -0.264. The number of benzene rings is 2. The molecule has 1 N–H and O–H groups in total. The third kappa shape index (κ3) is 4.95. The molecule has 0 atom stereocenters. The van der Waals surface area contributed by atoms with Crippen molar-refractivity contribution in [2.45, 2.75) is 6.54 Å². The molecule has 1 aromatic heterocycles. The first-order valence-corrected chi connectivity index (χ1v) is 9.31. The number of carbonyl (C=O) groups is 1. The highest BCUT2D eigenvalue weighted by Gasteiger charge is 2.13. The summed E-state index contributed by atoms with van der Waals surface area (Å²) in [5.41, 5.74) is 1.25. The van der Waals surface area contributed by atoms with Gasteiger partial charge >= 0.3 is 0 Å². The second kappa shape index (κ2) is 9.66. The van der Waals surface area contributed by atoms with Crippen LogP contribution in [0.5, 0.6) is 23.0 Å². The fourth-order valence-corrected chi connectivity index (χ4v) is 2.97. The van der Waals surface area contributed by atoms with E-state index in [1.807, 2.05) is 0 Å². The summed E-state index contributed by atoms with van der Waals surface area (Å²) >= 11 is 0. The van der Waals surface area contributed by atoms with Gasteiger partial charge in [-0.25, -0.2) is 4.68 Å². The van der Waals surface area contributed by atoms with Gasteiger partial charge in [-0.05, 0) is 30.3 Å². The van der Waals surface area contributed by atoms with Gasteiger partial charge in [-0.3, -0.25) is 9.59 Å². The topological polar surface area (TPSA) is 101 Å². The number of hydrogen-bond acceptors (Lipinski definition) is 7. The monoisotopic (exact) mass is 425 g/mol. The highest BCUT2D eigenvalue weighted by Crippen LogP contribution is 2.32. The molecule has 0 fully saturated rings. The minimum absolute atomic E-state index is 0.264. The molecule has 162 valence electrons. The minimum atomic E-state index is -0.416. The van der Waals surface area contributed by atoms with Crippen LogP contribution in [0.3, 0.4) is 0 Å². The minimum Gasteiger partial charge on any atom is -0.497 e. The fraction of sp³-hybridized carbons (Fsp3) is 0.227. The summed E-state index contributed by atoms with van der Waals surface area (Å²) in [6.07, 6.45) is 0.